The van der Waals surface area contributed by atoms with Gasteiger partial charge in [-0.2, -0.15) is 0 Å². The minimum Gasteiger partial charge on any atom is -0.298 e. The van der Waals surface area contributed by atoms with E-state index in [9.17, 15) is 4.79 Å². The van der Waals surface area contributed by atoms with Crippen molar-refractivity contribution in [2.45, 2.75) is 18.8 Å². The second-order valence-corrected chi connectivity index (χ2v) is 4.31. The van der Waals surface area contributed by atoms with E-state index in [0.717, 1.165) is 23.4 Å². The summed E-state index contributed by atoms with van der Waals surface area (Å²) in [4.78, 5) is 19.4. The Labute approximate surface area is 99.5 Å². The van der Waals surface area contributed by atoms with Gasteiger partial charge in [0.15, 0.2) is 0 Å². The van der Waals surface area contributed by atoms with E-state index in [-0.39, 0.29) is 0 Å². The lowest BCUT2D eigenvalue weighted by Crippen LogP contribution is -1.93. The molecule has 0 saturated heterocycles. The highest BCUT2D eigenvalue weighted by Crippen LogP contribution is 2.38. The largest absolute Gasteiger partial charge is 0.298 e. The Morgan fingerprint density at radius 3 is 2.53 bits per heavy atom. The molecular weight excluding hydrogens is 212 g/mol. The lowest BCUT2D eigenvalue weighted by Gasteiger charge is -2.03. The number of nitrogens with zero attached hydrogens (tertiary/aromatic N) is 2. The fraction of sp³-hybridized carbons (Fsp3) is 0.214. The van der Waals surface area contributed by atoms with Crippen LogP contribution in [0.15, 0.2) is 36.5 Å². The molecule has 0 amide bonds. The zero-order chi connectivity index (χ0) is 11.7. The highest BCUT2D eigenvalue weighted by Gasteiger charge is 2.26. The van der Waals surface area contributed by atoms with E-state index in [0.29, 0.717) is 11.5 Å². The van der Waals surface area contributed by atoms with Gasteiger partial charge in [0.05, 0.1) is 5.69 Å². The number of hydrogen-bond acceptors (Lipinski definition) is 3. The molecule has 0 unspecified atom stereocenters. The molecule has 2 aromatic rings. The van der Waals surface area contributed by atoms with E-state index in [1.807, 2.05) is 24.4 Å². The zero-order valence-corrected chi connectivity index (χ0v) is 9.34. The summed E-state index contributed by atoms with van der Waals surface area (Å²) in [5.74, 6) is 1.51. The van der Waals surface area contributed by atoms with Crippen LogP contribution in [-0.4, -0.2) is 16.3 Å². The summed E-state index contributed by atoms with van der Waals surface area (Å²) >= 11 is 0. The van der Waals surface area contributed by atoms with Crippen LogP contribution in [0.1, 0.15) is 34.9 Å². The first kappa shape index (κ1) is 10.1. The van der Waals surface area contributed by atoms with Crippen molar-refractivity contribution < 1.29 is 4.79 Å². The molecule has 0 spiro atoms. The molecule has 3 rings (SSSR count). The number of carbonyl (C=O) groups is 1. The average Bonchev–Trinajstić information content (AvgIpc) is 3.23. The third-order valence-electron chi connectivity index (χ3n) is 2.96. The van der Waals surface area contributed by atoms with E-state index in [1.165, 1.54) is 12.8 Å². The maximum atomic E-state index is 10.6. The standard InChI is InChI=1S/C14H12N2O/c17-9-10-1-3-11(4-2-10)13-7-8-15-14(16-13)12-5-6-12/h1-4,7-9,12H,5-6H2. The Morgan fingerprint density at radius 2 is 1.88 bits per heavy atom. The minimum atomic E-state index is 0.559. The first-order chi connectivity index (χ1) is 8.36. The van der Waals surface area contributed by atoms with E-state index < -0.39 is 0 Å². The summed E-state index contributed by atoms with van der Waals surface area (Å²) < 4.78 is 0. The molecule has 0 bridgehead atoms. The summed E-state index contributed by atoms with van der Waals surface area (Å²) in [6.45, 7) is 0. The molecule has 84 valence electrons. The Kier molecular flexibility index (Phi) is 2.44. The monoisotopic (exact) mass is 224 g/mol. The van der Waals surface area contributed by atoms with Gasteiger partial charge in [-0.05, 0) is 18.9 Å². The summed E-state index contributed by atoms with van der Waals surface area (Å²) in [5, 5.41) is 0. The van der Waals surface area contributed by atoms with Gasteiger partial charge >= 0.3 is 0 Å². The van der Waals surface area contributed by atoms with Crippen LogP contribution in [0.4, 0.5) is 0 Å². The van der Waals surface area contributed by atoms with Gasteiger partial charge in [-0.3, -0.25) is 4.79 Å². The molecule has 1 saturated carbocycles. The number of rotatable bonds is 3. The molecule has 1 aliphatic rings. The molecule has 1 aliphatic carbocycles. The van der Waals surface area contributed by atoms with E-state index in [1.54, 1.807) is 12.1 Å². The van der Waals surface area contributed by atoms with Gasteiger partial charge in [0, 0.05) is 23.2 Å². The topological polar surface area (TPSA) is 42.9 Å². The van der Waals surface area contributed by atoms with Crippen molar-refractivity contribution in [1.82, 2.24) is 9.97 Å². The normalized spacial score (nSPS) is 14.6. The van der Waals surface area contributed by atoms with Crippen LogP contribution in [-0.2, 0) is 0 Å². The fourth-order valence-electron chi connectivity index (χ4n) is 1.81. The van der Waals surface area contributed by atoms with Crippen molar-refractivity contribution in [3.63, 3.8) is 0 Å². The quantitative estimate of drug-likeness (QED) is 0.753. The number of carbonyl (C=O) groups excluding carboxylic acids is 1. The Hall–Kier alpha value is -2.03. The molecule has 1 fully saturated rings. The number of benzene rings is 1. The minimum absolute atomic E-state index is 0.559. The van der Waals surface area contributed by atoms with Crippen LogP contribution in [0.2, 0.25) is 0 Å². The molecule has 1 aromatic carbocycles. The van der Waals surface area contributed by atoms with Crippen molar-refractivity contribution in [2.24, 2.45) is 0 Å². The van der Waals surface area contributed by atoms with Gasteiger partial charge in [0.2, 0.25) is 0 Å². The molecule has 0 aliphatic heterocycles. The van der Waals surface area contributed by atoms with Gasteiger partial charge < -0.3 is 0 Å². The van der Waals surface area contributed by atoms with Crippen LogP contribution in [0.25, 0.3) is 11.3 Å². The van der Waals surface area contributed by atoms with E-state index in [4.69, 9.17) is 0 Å². The lowest BCUT2D eigenvalue weighted by atomic mass is 10.1. The lowest BCUT2D eigenvalue weighted by molar-refractivity contribution is 0.112. The third-order valence-corrected chi connectivity index (χ3v) is 2.96. The highest BCUT2D eigenvalue weighted by molar-refractivity contribution is 5.76. The van der Waals surface area contributed by atoms with Gasteiger partial charge in [-0.15, -0.1) is 0 Å². The summed E-state index contributed by atoms with van der Waals surface area (Å²) in [6.07, 6.45) is 5.06. The Balaban J connectivity index is 1.96. The highest BCUT2D eigenvalue weighted by atomic mass is 16.1. The first-order valence-electron chi connectivity index (χ1n) is 5.75. The van der Waals surface area contributed by atoms with Crippen LogP contribution in [0, 0.1) is 0 Å². The molecule has 0 atom stereocenters. The fourth-order valence-corrected chi connectivity index (χ4v) is 1.81. The van der Waals surface area contributed by atoms with Crippen LogP contribution >= 0.6 is 0 Å². The van der Waals surface area contributed by atoms with Crippen LogP contribution in [0.5, 0.6) is 0 Å². The van der Waals surface area contributed by atoms with Gasteiger partial charge in [-0.25, -0.2) is 9.97 Å². The SMILES string of the molecule is O=Cc1ccc(-c2ccnc(C3CC3)n2)cc1. The van der Waals surface area contributed by atoms with Gasteiger partial charge in [0.1, 0.15) is 12.1 Å². The van der Waals surface area contributed by atoms with Crippen molar-refractivity contribution in [1.29, 1.82) is 0 Å². The predicted octanol–water partition coefficient (Wildman–Crippen LogP) is 2.83. The first-order valence-corrected chi connectivity index (χ1v) is 5.75. The third kappa shape index (κ3) is 2.09. The number of hydrogen-bond donors (Lipinski definition) is 0. The zero-order valence-electron chi connectivity index (χ0n) is 9.34. The maximum Gasteiger partial charge on any atom is 0.150 e. The second kappa shape index (κ2) is 4.09. The van der Waals surface area contributed by atoms with Crippen molar-refractivity contribution in [2.75, 3.05) is 0 Å². The summed E-state index contributed by atoms with van der Waals surface area (Å²) in [6, 6.07) is 9.36. The van der Waals surface area contributed by atoms with Gasteiger partial charge in [-0.1, -0.05) is 24.3 Å². The molecular formula is C14H12N2O. The molecule has 3 nitrogen and oxygen atoms in total. The molecule has 0 N–H and O–H groups in total. The molecule has 1 aromatic heterocycles. The smallest absolute Gasteiger partial charge is 0.150 e. The van der Waals surface area contributed by atoms with Crippen LogP contribution < -0.4 is 0 Å². The van der Waals surface area contributed by atoms with Crippen molar-refractivity contribution in [3.05, 3.63) is 47.9 Å². The average molecular weight is 224 g/mol. The van der Waals surface area contributed by atoms with E-state index in [2.05, 4.69) is 9.97 Å². The van der Waals surface area contributed by atoms with Crippen molar-refractivity contribution >= 4 is 6.29 Å². The predicted molar refractivity (Wildman–Crippen MR) is 64.8 cm³/mol. The molecule has 0 radical (unpaired) electrons. The van der Waals surface area contributed by atoms with Crippen molar-refractivity contribution in [3.8, 4) is 11.3 Å². The maximum absolute atomic E-state index is 10.6. The number of aromatic nitrogens is 2. The Bertz CT molecular complexity index is 544. The van der Waals surface area contributed by atoms with Gasteiger partial charge in [0.25, 0.3) is 0 Å². The Morgan fingerprint density at radius 1 is 1.12 bits per heavy atom. The summed E-state index contributed by atoms with van der Waals surface area (Å²) in [7, 11) is 0. The van der Waals surface area contributed by atoms with Crippen LogP contribution in [0.3, 0.4) is 0 Å². The molecule has 17 heavy (non-hydrogen) atoms. The number of aldehydes is 1. The second-order valence-electron chi connectivity index (χ2n) is 4.31. The molecule has 1 heterocycles. The van der Waals surface area contributed by atoms with E-state index >= 15 is 0 Å². The summed E-state index contributed by atoms with van der Waals surface area (Å²) in [5.41, 5.74) is 2.64. The molecule has 3 heteroatoms.